The van der Waals surface area contributed by atoms with Crippen molar-refractivity contribution in [2.24, 2.45) is 15.7 Å². The van der Waals surface area contributed by atoms with Gasteiger partial charge in [0.2, 0.25) is 0 Å². The summed E-state index contributed by atoms with van der Waals surface area (Å²) < 4.78 is 12.2. The largest absolute Gasteiger partial charge is 0.456 e. The summed E-state index contributed by atoms with van der Waals surface area (Å²) in [6.07, 6.45) is 0. The fourth-order valence-corrected chi connectivity index (χ4v) is 7.06. The van der Waals surface area contributed by atoms with Crippen LogP contribution in [0.15, 0.2) is 201 Å². The maximum Gasteiger partial charge on any atom is 0.180 e. The van der Waals surface area contributed by atoms with Gasteiger partial charge in [0.15, 0.2) is 17.2 Å². The predicted octanol–water partition coefficient (Wildman–Crippen LogP) is 12.1. The normalized spacial score (nSPS) is 11.9. The minimum atomic E-state index is 0.396. The first-order chi connectivity index (χ1) is 28.1. The molecule has 57 heavy (non-hydrogen) atoms. The van der Waals surface area contributed by atoms with Crippen molar-refractivity contribution in [3.63, 3.8) is 0 Å². The fourth-order valence-electron chi connectivity index (χ4n) is 7.06. The van der Waals surface area contributed by atoms with Crippen LogP contribution in [0.25, 0.3) is 77.8 Å². The van der Waals surface area contributed by atoms with E-state index in [1.165, 1.54) is 10.8 Å². The summed E-state index contributed by atoms with van der Waals surface area (Å²) >= 11 is 0. The highest BCUT2D eigenvalue weighted by atomic mass is 16.3. The molecular weight excluding hydrogens is 703 g/mol. The van der Waals surface area contributed by atoms with Gasteiger partial charge in [0.05, 0.1) is 5.39 Å². The van der Waals surface area contributed by atoms with Crippen LogP contribution in [0.2, 0.25) is 0 Å². The molecule has 0 atom stereocenters. The van der Waals surface area contributed by atoms with E-state index in [1.54, 1.807) is 0 Å². The van der Waals surface area contributed by atoms with Crippen LogP contribution in [0, 0.1) is 0 Å². The summed E-state index contributed by atoms with van der Waals surface area (Å²) in [6, 6.07) is 60.4. The zero-order chi connectivity index (χ0) is 38.6. The molecule has 274 valence electrons. The van der Waals surface area contributed by atoms with Gasteiger partial charge in [-0.3, -0.25) is 4.99 Å². The molecule has 0 saturated carbocycles. The standard InChI is InChI=1S/C38H29N5O.C12H8O/c1-2-40-37(26-16-8-4-9-17-26)43-36(39)29-21-12-20-28(24-29)30-22-13-23-31-32(30)34-35(44-31)33(25-14-6-3-7-15-25)41-38(42-34)27-18-10-5-11-19-27;1-3-7-11-9(5-1)10-6-2-4-8-12(10)13-11/h3-24H,2H2,1H3,(H2,39,40,43);1-8H. The monoisotopic (exact) mass is 739 g/mol. The van der Waals surface area contributed by atoms with Gasteiger partial charge in [0, 0.05) is 39.6 Å². The molecule has 2 N–H and O–H groups in total. The third-order valence-corrected chi connectivity index (χ3v) is 9.74. The molecule has 0 saturated heterocycles. The summed E-state index contributed by atoms with van der Waals surface area (Å²) in [5, 5.41) is 3.31. The molecule has 0 spiro atoms. The van der Waals surface area contributed by atoms with Crippen LogP contribution >= 0.6 is 0 Å². The van der Waals surface area contributed by atoms with Crippen molar-refractivity contribution < 1.29 is 8.83 Å². The van der Waals surface area contributed by atoms with Crippen LogP contribution in [0.3, 0.4) is 0 Å². The Morgan fingerprint density at radius 2 is 1.11 bits per heavy atom. The number of aromatic nitrogens is 2. The lowest BCUT2D eigenvalue weighted by molar-refractivity contribution is 0.667. The zero-order valence-corrected chi connectivity index (χ0v) is 31.2. The molecule has 0 bridgehead atoms. The molecule has 0 unspecified atom stereocenters. The Labute approximate surface area is 329 Å². The van der Waals surface area contributed by atoms with Gasteiger partial charge in [-0.1, -0.05) is 158 Å². The van der Waals surface area contributed by atoms with E-state index in [1.807, 2.05) is 159 Å². The maximum atomic E-state index is 6.59. The van der Waals surface area contributed by atoms with Crippen molar-refractivity contribution in [1.82, 2.24) is 9.97 Å². The predicted molar refractivity (Wildman–Crippen MR) is 234 cm³/mol. The van der Waals surface area contributed by atoms with Crippen molar-refractivity contribution in [3.05, 3.63) is 193 Å². The van der Waals surface area contributed by atoms with Crippen LogP contribution in [-0.2, 0) is 0 Å². The summed E-state index contributed by atoms with van der Waals surface area (Å²) in [5.41, 5.74) is 17.0. The van der Waals surface area contributed by atoms with Gasteiger partial charge in [-0.15, -0.1) is 0 Å². The van der Waals surface area contributed by atoms with Crippen LogP contribution in [-0.4, -0.2) is 28.2 Å². The van der Waals surface area contributed by atoms with E-state index in [0.29, 0.717) is 29.6 Å². The van der Waals surface area contributed by atoms with Gasteiger partial charge in [0.1, 0.15) is 33.8 Å². The lowest BCUT2D eigenvalue weighted by Crippen LogP contribution is -2.16. The van der Waals surface area contributed by atoms with E-state index in [9.17, 15) is 0 Å². The zero-order valence-electron chi connectivity index (χ0n) is 31.2. The SMILES string of the molecule is CCN=C(N=C(N)c1cccc(-c2cccc3oc4c(-c5ccccc5)nc(-c5ccccc5)nc4c23)c1)c1ccccc1.c1ccc2c(c1)oc1ccccc12. The van der Waals surface area contributed by atoms with Crippen LogP contribution in [0.5, 0.6) is 0 Å². The molecule has 10 aromatic rings. The van der Waals surface area contributed by atoms with Gasteiger partial charge in [0.25, 0.3) is 0 Å². The highest BCUT2D eigenvalue weighted by Gasteiger charge is 2.21. The smallest absolute Gasteiger partial charge is 0.180 e. The first-order valence-corrected chi connectivity index (χ1v) is 18.9. The molecule has 0 aliphatic carbocycles. The van der Waals surface area contributed by atoms with Gasteiger partial charge >= 0.3 is 0 Å². The van der Waals surface area contributed by atoms with Crippen LogP contribution in [0.4, 0.5) is 0 Å². The third kappa shape index (κ3) is 7.06. The summed E-state index contributed by atoms with van der Waals surface area (Å²) in [4.78, 5) is 19.4. The number of nitrogens with zero attached hydrogens (tertiary/aromatic N) is 4. The highest BCUT2D eigenvalue weighted by molar-refractivity contribution is 6.15. The summed E-state index contributed by atoms with van der Waals surface area (Å²) in [6.45, 7) is 2.59. The quantitative estimate of drug-likeness (QED) is 0.135. The molecule has 0 aliphatic heterocycles. The molecule has 7 aromatic carbocycles. The number of para-hydroxylation sites is 2. The molecule has 7 nitrogen and oxygen atoms in total. The first kappa shape index (κ1) is 35.1. The lowest BCUT2D eigenvalue weighted by Gasteiger charge is -2.09. The van der Waals surface area contributed by atoms with E-state index >= 15 is 0 Å². The molecule has 7 heteroatoms. The Morgan fingerprint density at radius 3 is 1.79 bits per heavy atom. The minimum absolute atomic E-state index is 0.396. The molecule has 3 heterocycles. The Morgan fingerprint density at radius 1 is 0.544 bits per heavy atom. The summed E-state index contributed by atoms with van der Waals surface area (Å²) in [5.74, 6) is 1.65. The number of rotatable bonds is 6. The molecule has 0 radical (unpaired) electrons. The topological polar surface area (TPSA) is 103 Å². The maximum absolute atomic E-state index is 6.59. The second-order valence-electron chi connectivity index (χ2n) is 13.4. The number of furan rings is 2. The average Bonchev–Trinajstić information content (AvgIpc) is 3.86. The van der Waals surface area contributed by atoms with Crippen molar-refractivity contribution in [3.8, 4) is 33.8 Å². The van der Waals surface area contributed by atoms with E-state index < -0.39 is 0 Å². The van der Waals surface area contributed by atoms with Crippen LogP contribution < -0.4 is 5.73 Å². The number of aliphatic imine (C=N–C) groups is 2. The van der Waals surface area contributed by atoms with Gasteiger partial charge < -0.3 is 14.6 Å². The second kappa shape index (κ2) is 15.6. The Bertz CT molecular complexity index is 3010. The number of hydrogen-bond acceptors (Lipinski definition) is 5. The van der Waals surface area contributed by atoms with E-state index in [4.69, 9.17) is 29.5 Å². The lowest BCUT2D eigenvalue weighted by atomic mass is 9.98. The van der Waals surface area contributed by atoms with Crippen LogP contribution in [0.1, 0.15) is 18.1 Å². The molecular formula is C50H37N5O2. The molecule has 0 amide bonds. The van der Waals surface area contributed by atoms with E-state index in [2.05, 4.69) is 35.3 Å². The number of nitrogens with two attached hydrogens (primary N) is 1. The second-order valence-corrected chi connectivity index (χ2v) is 13.4. The molecule has 10 rings (SSSR count). The average molecular weight is 740 g/mol. The van der Waals surface area contributed by atoms with Gasteiger partial charge in [-0.2, -0.15) is 0 Å². The minimum Gasteiger partial charge on any atom is -0.456 e. The molecule has 3 aromatic heterocycles. The number of amidine groups is 2. The van der Waals surface area contributed by atoms with E-state index in [0.717, 1.165) is 66.7 Å². The van der Waals surface area contributed by atoms with Crippen molar-refractivity contribution >= 4 is 55.7 Å². The molecule has 0 fully saturated rings. The van der Waals surface area contributed by atoms with Crippen molar-refractivity contribution in [1.29, 1.82) is 0 Å². The number of hydrogen-bond donors (Lipinski definition) is 1. The summed E-state index contributed by atoms with van der Waals surface area (Å²) in [7, 11) is 0. The third-order valence-electron chi connectivity index (χ3n) is 9.74. The highest BCUT2D eigenvalue weighted by Crippen LogP contribution is 2.40. The van der Waals surface area contributed by atoms with Gasteiger partial charge in [-0.05, 0) is 42.3 Å². The van der Waals surface area contributed by atoms with E-state index in [-0.39, 0.29) is 0 Å². The Kier molecular flexibility index (Phi) is 9.61. The first-order valence-electron chi connectivity index (χ1n) is 18.9. The number of benzene rings is 7. The fraction of sp³-hybridized carbons (Fsp3) is 0.0400. The number of fused-ring (bicyclic) bond motifs is 6. The van der Waals surface area contributed by atoms with Gasteiger partial charge in [-0.25, -0.2) is 15.0 Å². The molecule has 0 aliphatic rings. The van der Waals surface area contributed by atoms with Crippen molar-refractivity contribution in [2.45, 2.75) is 6.92 Å². The van der Waals surface area contributed by atoms with Crippen molar-refractivity contribution in [2.75, 3.05) is 6.54 Å². The Balaban J connectivity index is 0.000000272. The Hall–Kier alpha value is -7.64.